The van der Waals surface area contributed by atoms with Crippen molar-refractivity contribution in [2.75, 3.05) is 13.1 Å². The summed E-state index contributed by atoms with van der Waals surface area (Å²) in [6, 6.07) is 11.6. The van der Waals surface area contributed by atoms with E-state index in [1.54, 1.807) is 0 Å². The fourth-order valence-electron chi connectivity index (χ4n) is 4.68. The number of fused-ring (bicyclic) bond motifs is 4. The summed E-state index contributed by atoms with van der Waals surface area (Å²) in [6.45, 7) is 3.33. The minimum absolute atomic E-state index is 0.815. The Labute approximate surface area is 158 Å². The largest absolute Gasteiger partial charge is 0.346 e. The number of rotatable bonds is 2. The topological polar surface area (TPSA) is 49.7 Å². The molecular weight excluding hydrogens is 334 g/mol. The van der Waals surface area contributed by atoms with E-state index in [-0.39, 0.29) is 0 Å². The molecule has 5 heteroatoms. The average Bonchev–Trinajstić information content (AvgIpc) is 3.17. The monoisotopic (exact) mass is 357 g/mol. The van der Waals surface area contributed by atoms with Crippen molar-refractivity contribution in [3.8, 4) is 11.1 Å². The smallest absolute Gasteiger partial charge is 0.137 e. The molecule has 0 spiro atoms. The predicted octanol–water partition coefficient (Wildman–Crippen LogP) is 3.99. The van der Waals surface area contributed by atoms with Crippen molar-refractivity contribution in [2.24, 2.45) is 0 Å². The molecular formula is C22H23N5. The van der Waals surface area contributed by atoms with Crippen LogP contribution in [0.2, 0.25) is 0 Å². The van der Waals surface area contributed by atoms with Gasteiger partial charge in [0, 0.05) is 55.4 Å². The minimum atomic E-state index is 0.815. The van der Waals surface area contributed by atoms with E-state index in [0.29, 0.717) is 0 Å². The van der Waals surface area contributed by atoms with Crippen LogP contribution in [-0.4, -0.2) is 43.6 Å². The maximum absolute atomic E-state index is 4.95. The molecule has 5 nitrogen and oxygen atoms in total. The van der Waals surface area contributed by atoms with Gasteiger partial charge in [-0.1, -0.05) is 12.5 Å². The maximum atomic E-state index is 4.95. The van der Waals surface area contributed by atoms with Crippen molar-refractivity contribution >= 4 is 22.1 Å². The van der Waals surface area contributed by atoms with Crippen LogP contribution in [0, 0.1) is 0 Å². The van der Waals surface area contributed by atoms with Gasteiger partial charge in [0.25, 0.3) is 0 Å². The molecule has 0 atom stereocenters. The zero-order valence-electron chi connectivity index (χ0n) is 15.4. The Bertz CT molecular complexity index is 1130. The Morgan fingerprint density at radius 3 is 2.93 bits per heavy atom. The number of hydrogen-bond donors (Lipinski definition) is 1. The highest BCUT2D eigenvalue weighted by atomic mass is 15.2. The number of hydrogen-bond acceptors (Lipinski definition) is 3. The third-order valence-corrected chi connectivity index (χ3v) is 6.41. The fourth-order valence-corrected chi connectivity index (χ4v) is 4.68. The molecule has 0 saturated heterocycles. The molecule has 136 valence electrons. The first kappa shape index (κ1) is 15.4. The first-order chi connectivity index (χ1) is 13.4. The van der Waals surface area contributed by atoms with E-state index in [0.717, 1.165) is 43.3 Å². The normalized spacial score (nSPS) is 18.5. The molecule has 1 aliphatic heterocycles. The average molecular weight is 357 g/mol. The van der Waals surface area contributed by atoms with Crippen LogP contribution in [0.5, 0.6) is 0 Å². The highest BCUT2D eigenvalue weighted by molar-refractivity contribution is 5.95. The molecule has 0 amide bonds. The molecule has 1 saturated carbocycles. The van der Waals surface area contributed by atoms with Crippen LogP contribution >= 0.6 is 0 Å². The summed E-state index contributed by atoms with van der Waals surface area (Å²) in [4.78, 5) is 15.3. The lowest BCUT2D eigenvalue weighted by molar-refractivity contribution is 0.130. The number of H-pyrrole nitrogens is 1. The SMILES string of the molecule is c1cnc2[nH]cc(-c3ccc4nc5n(c4c3)CCN(C3CCC3)CC5)c2c1. The number of aromatic amines is 1. The number of pyridine rings is 1. The van der Waals surface area contributed by atoms with Crippen molar-refractivity contribution in [1.29, 1.82) is 0 Å². The van der Waals surface area contributed by atoms with E-state index < -0.39 is 0 Å². The molecule has 0 unspecified atom stereocenters. The zero-order chi connectivity index (χ0) is 17.8. The highest BCUT2D eigenvalue weighted by Crippen LogP contribution is 2.31. The molecule has 1 fully saturated rings. The summed E-state index contributed by atoms with van der Waals surface area (Å²) in [7, 11) is 0. The number of benzene rings is 1. The van der Waals surface area contributed by atoms with Crippen LogP contribution in [0.1, 0.15) is 25.1 Å². The predicted molar refractivity (Wildman–Crippen MR) is 108 cm³/mol. The molecule has 27 heavy (non-hydrogen) atoms. The Morgan fingerprint density at radius 1 is 1.07 bits per heavy atom. The number of nitrogens with zero attached hydrogens (tertiary/aromatic N) is 4. The second-order valence-electron chi connectivity index (χ2n) is 7.86. The third-order valence-electron chi connectivity index (χ3n) is 6.41. The first-order valence-electron chi connectivity index (χ1n) is 10.0. The van der Waals surface area contributed by atoms with Gasteiger partial charge in [0.2, 0.25) is 0 Å². The summed E-state index contributed by atoms with van der Waals surface area (Å²) in [5.74, 6) is 1.24. The Morgan fingerprint density at radius 2 is 2.04 bits per heavy atom. The molecule has 1 aromatic carbocycles. The van der Waals surface area contributed by atoms with Gasteiger partial charge < -0.3 is 9.55 Å². The van der Waals surface area contributed by atoms with E-state index in [9.17, 15) is 0 Å². The lowest BCUT2D eigenvalue weighted by Gasteiger charge is -2.36. The van der Waals surface area contributed by atoms with Crippen LogP contribution in [0.4, 0.5) is 0 Å². The van der Waals surface area contributed by atoms with Crippen LogP contribution < -0.4 is 0 Å². The van der Waals surface area contributed by atoms with Crippen LogP contribution in [0.3, 0.4) is 0 Å². The third kappa shape index (κ3) is 2.42. The summed E-state index contributed by atoms with van der Waals surface area (Å²) >= 11 is 0. The van der Waals surface area contributed by atoms with Gasteiger partial charge in [-0.05, 0) is 42.7 Å². The molecule has 0 radical (unpaired) electrons. The first-order valence-corrected chi connectivity index (χ1v) is 10.0. The van der Waals surface area contributed by atoms with Gasteiger partial charge >= 0.3 is 0 Å². The summed E-state index contributed by atoms with van der Waals surface area (Å²) in [6.07, 6.45) is 9.10. The van der Waals surface area contributed by atoms with Gasteiger partial charge in [0.1, 0.15) is 11.5 Å². The van der Waals surface area contributed by atoms with Crippen molar-refractivity contribution in [1.82, 2.24) is 24.4 Å². The minimum Gasteiger partial charge on any atom is -0.346 e. The Kier molecular flexibility index (Phi) is 3.38. The molecule has 6 rings (SSSR count). The highest BCUT2D eigenvalue weighted by Gasteiger charge is 2.27. The lowest BCUT2D eigenvalue weighted by atomic mass is 9.91. The van der Waals surface area contributed by atoms with Gasteiger partial charge in [-0.25, -0.2) is 9.97 Å². The quantitative estimate of drug-likeness (QED) is 0.590. The van der Waals surface area contributed by atoms with Crippen LogP contribution in [-0.2, 0) is 13.0 Å². The van der Waals surface area contributed by atoms with Gasteiger partial charge in [-0.3, -0.25) is 4.90 Å². The zero-order valence-corrected chi connectivity index (χ0v) is 15.4. The second-order valence-corrected chi connectivity index (χ2v) is 7.86. The van der Waals surface area contributed by atoms with Crippen LogP contribution in [0.25, 0.3) is 33.2 Å². The van der Waals surface area contributed by atoms with Gasteiger partial charge in [-0.2, -0.15) is 0 Å². The molecule has 1 aliphatic carbocycles. The molecule has 2 aliphatic rings. The molecule has 4 heterocycles. The molecule has 3 aromatic heterocycles. The van der Waals surface area contributed by atoms with Gasteiger partial charge in [-0.15, -0.1) is 0 Å². The molecule has 1 N–H and O–H groups in total. The molecule has 4 aromatic rings. The maximum Gasteiger partial charge on any atom is 0.137 e. The van der Waals surface area contributed by atoms with E-state index >= 15 is 0 Å². The van der Waals surface area contributed by atoms with Crippen LogP contribution in [0.15, 0.2) is 42.7 Å². The van der Waals surface area contributed by atoms with E-state index in [2.05, 4.69) is 49.9 Å². The molecule has 0 bridgehead atoms. The van der Waals surface area contributed by atoms with Crippen molar-refractivity contribution in [2.45, 2.75) is 38.3 Å². The Hall–Kier alpha value is -2.66. The van der Waals surface area contributed by atoms with Crippen molar-refractivity contribution < 1.29 is 0 Å². The summed E-state index contributed by atoms with van der Waals surface area (Å²) in [5.41, 5.74) is 5.75. The number of aromatic nitrogens is 4. The lowest BCUT2D eigenvalue weighted by Crippen LogP contribution is -2.41. The van der Waals surface area contributed by atoms with Gasteiger partial charge in [0.05, 0.1) is 11.0 Å². The van der Waals surface area contributed by atoms with Crippen molar-refractivity contribution in [3.05, 3.63) is 48.5 Å². The standard InChI is InChI=1S/C22H23N5/c1-3-16(4-1)26-10-8-21-25-19-7-6-15(13-20(19)27(21)12-11-26)18-14-24-22-17(18)5-2-9-23-22/h2,5-7,9,13-14,16H,1,3-4,8,10-12H2,(H,23,24). The summed E-state index contributed by atoms with van der Waals surface area (Å²) in [5, 5.41) is 1.17. The fraction of sp³-hybridized carbons (Fsp3) is 0.364. The van der Waals surface area contributed by atoms with E-state index in [1.165, 1.54) is 47.1 Å². The van der Waals surface area contributed by atoms with E-state index in [4.69, 9.17) is 4.98 Å². The summed E-state index contributed by atoms with van der Waals surface area (Å²) < 4.78 is 2.45. The Balaban J connectivity index is 1.41. The van der Waals surface area contributed by atoms with E-state index in [1.807, 2.05) is 12.3 Å². The number of nitrogens with one attached hydrogen (secondary N) is 1. The number of imidazole rings is 1. The second kappa shape index (κ2) is 5.92. The van der Waals surface area contributed by atoms with Gasteiger partial charge in [0.15, 0.2) is 0 Å². The van der Waals surface area contributed by atoms with Crippen molar-refractivity contribution in [3.63, 3.8) is 0 Å².